The minimum absolute atomic E-state index is 0.0869. The van der Waals surface area contributed by atoms with Crippen molar-refractivity contribution in [3.63, 3.8) is 0 Å². The van der Waals surface area contributed by atoms with E-state index in [1.807, 2.05) is 30.5 Å². The lowest BCUT2D eigenvalue weighted by atomic mass is 10.1. The minimum Gasteiger partial charge on any atom is -0.468 e. The van der Waals surface area contributed by atoms with Crippen LogP contribution in [0.4, 0.5) is 5.69 Å². The predicted octanol–water partition coefficient (Wildman–Crippen LogP) is 5.01. The normalized spacial score (nSPS) is 16.4. The Morgan fingerprint density at radius 1 is 1.23 bits per heavy atom. The second kappa shape index (κ2) is 8.55. The molecule has 1 aliphatic heterocycles. The number of methoxy groups -OCH3 is 1. The number of amides is 1. The average molecular weight is 460 g/mol. The van der Waals surface area contributed by atoms with E-state index in [9.17, 15) is 9.59 Å². The van der Waals surface area contributed by atoms with E-state index in [1.165, 1.54) is 18.9 Å². The number of rotatable bonds is 4. The molecular weight excluding hydrogens is 445 g/mol. The molecule has 0 bridgehead atoms. The molecule has 1 aromatic heterocycles. The van der Waals surface area contributed by atoms with E-state index in [4.69, 9.17) is 27.9 Å². The third-order valence-corrected chi connectivity index (χ3v) is 6.07. The van der Waals surface area contributed by atoms with Crippen molar-refractivity contribution in [2.24, 2.45) is 4.99 Å². The molecule has 2 heterocycles. The molecular formula is C21H15Cl2N3O3S. The summed E-state index contributed by atoms with van der Waals surface area (Å²) in [4.78, 5) is 29.1. The molecule has 0 saturated carbocycles. The largest absolute Gasteiger partial charge is 0.468 e. The molecule has 0 atom stereocenters. The summed E-state index contributed by atoms with van der Waals surface area (Å²) < 4.78 is 6.57. The van der Waals surface area contributed by atoms with E-state index < -0.39 is 0 Å². The monoisotopic (exact) mass is 459 g/mol. The third kappa shape index (κ3) is 4.23. The van der Waals surface area contributed by atoms with Gasteiger partial charge in [-0.15, -0.1) is 0 Å². The summed E-state index contributed by atoms with van der Waals surface area (Å²) in [5.41, 5.74) is 2.29. The molecule has 1 fully saturated rings. The number of amidine groups is 1. The molecule has 0 spiro atoms. The van der Waals surface area contributed by atoms with E-state index >= 15 is 0 Å². The number of hydrogen-bond donors (Lipinski definition) is 1. The lowest BCUT2D eigenvalue weighted by Gasteiger charge is -2.02. The molecule has 1 amide bonds. The molecule has 1 N–H and O–H groups in total. The number of aliphatic imine (C=N–C) groups is 1. The number of ether oxygens (including phenoxy) is 1. The van der Waals surface area contributed by atoms with Crippen LogP contribution in [0, 0.1) is 0 Å². The van der Waals surface area contributed by atoms with E-state index in [1.54, 1.807) is 28.8 Å². The van der Waals surface area contributed by atoms with Crippen molar-refractivity contribution in [3.05, 3.63) is 69.2 Å². The van der Waals surface area contributed by atoms with Crippen LogP contribution in [0.25, 0.3) is 17.0 Å². The van der Waals surface area contributed by atoms with E-state index in [-0.39, 0.29) is 18.4 Å². The van der Waals surface area contributed by atoms with Gasteiger partial charge in [-0.1, -0.05) is 41.4 Å². The van der Waals surface area contributed by atoms with Crippen LogP contribution in [-0.4, -0.2) is 28.7 Å². The van der Waals surface area contributed by atoms with E-state index in [2.05, 4.69) is 10.3 Å². The van der Waals surface area contributed by atoms with Crippen LogP contribution in [0.15, 0.2) is 58.6 Å². The Morgan fingerprint density at radius 3 is 2.80 bits per heavy atom. The van der Waals surface area contributed by atoms with Crippen LogP contribution >= 0.6 is 35.0 Å². The van der Waals surface area contributed by atoms with Crippen molar-refractivity contribution in [1.29, 1.82) is 0 Å². The molecule has 3 aromatic rings. The Morgan fingerprint density at radius 2 is 2.03 bits per heavy atom. The van der Waals surface area contributed by atoms with Gasteiger partial charge in [0.2, 0.25) is 0 Å². The number of para-hydroxylation sites is 1. The highest BCUT2D eigenvalue weighted by Crippen LogP contribution is 2.32. The number of benzene rings is 2. The number of esters is 1. The fourth-order valence-corrected chi connectivity index (χ4v) is 4.14. The van der Waals surface area contributed by atoms with E-state index in [0.717, 1.165) is 16.5 Å². The van der Waals surface area contributed by atoms with Gasteiger partial charge in [-0.2, -0.15) is 0 Å². The van der Waals surface area contributed by atoms with Gasteiger partial charge in [0.1, 0.15) is 6.54 Å². The standard InChI is InChI=1S/C21H15Cl2N3O3S/c1-29-19(27)11-26-10-12(14-4-2-3-5-17(14)26)8-18-20(28)25-21(30-18)24-13-6-7-15(22)16(23)9-13/h2-10H,11H2,1H3,(H,24,25,28)/b18-8-. The number of nitrogens with zero attached hydrogens (tertiary/aromatic N) is 2. The van der Waals surface area contributed by atoms with Crippen molar-refractivity contribution in [2.75, 3.05) is 7.11 Å². The van der Waals surface area contributed by atoms with Crippen molar-refractivity contribution in [3.8, 4) is 0 Å². The highest BCUT2D eigenvalue weighted by Gasteiger charge is 2.24. The Hall–Kier alpha value is -2.74. The summed E-state index contributed by atoms with van der Waals surface area (Å²) in [6.07, 6.45) is 3.62. The number of hydrogen-bond acceptors (Lipinski definition) is 5. The Balaban J connectivity index is 1.66. The molecule has 6 nitrogen and oxygen atoms in total. The molecule has 0 aliphatic carbocycles. The summed E-state index contributed by atoms with van der Waals surface area (Å²) in [5.74, 6) is -0.595. The number of halogens is 2. The smallest absolute Gasteiger partial charge is 0.325 e. The molecule has 9 heteroatoms. The summed E-state index contributed by atoms with van der Waals surface area (Å²) in [6.45, 7) is 0.0869. The highest BCUT2D eigenvalue weighted by atomic mass is 35.5. The summed E-state index contributed by atoms with van der Waals surface area (Å²) in [5, 5.41) is 4.96. The maximum Gasteiger partial charge on any atom is 0.325 e. The molecule has 1 saturated heterocycles. The molecule has 2 aromatic carbocycles. The Kier molecular flexibility index (Phi) is 5.85. The maximum atomic E-state index is 12.5. The molecule has 0 radical (unpaired) electrons. The Labute approximate surface area is 186 Å². The van der Waals surface area contributed by atoms with Gasteiger partial charge in [0.15, 0.2) is 5.17 Å². The minimum atomic E-state index is -0.348. The second-order valence-corrected chi connectivity index (χ2v) is 8.23. The molecule has 4 rings (SSSR count). The first-order valence-electron chi connectivity index (χ1n) is 8.84. The quantitative estimate of drug-likeness (QED) is 0.439. The molecule has 1 aliphatic rings. The van der Waals surface area contributed by atoms with Crippen LogP contribution in [0.3, 0.4) is 0 Å². The van der Waals surface area contributed by atoms with Crippen molar-refractivity contribution in [2.45, 2.75) is 6.54 Å². The highest BCUT2D eigenvalue weighted by molar-refractivity contribution is 8.18. The lowest BCUT2D eigenvalue weighted by molar-refractivity contribution is -0.141. The van der Waals surface area contributed by atoms with Crippen LogP contribution in [-0.2, 0) is 20.9 Å². The first-order valence-corrected chi connectivity index (χ1v) is 10.4. The summed E-state index contributed by atoms with van der Waals surface area (Å²) >= 11 is 13.2. The average Bonchev–Trinajstić information content (AvgIpc) is 3.25. The number of carbonyl (C=O) groups is 2. The number of fused-ring (bicyclic) bond motifs is 1. The van der Waals surface area contributed by atoms with Crippen LogP contribution in [0.2, 0.25) is 10.0 Å². The number of aromatic nitrogens is 1. The van der Waals surface area contributed by atoms with Gasteiger partial charge in [-0.3, -0.25) is 9.59 Å². The van der Waals surface area contributed by atoms with Crippen LogP contribution in [0.5, 0.6) is 0 Å². The SMILES string of the molecule is COC(=O)Cn1cc(/C=C2\SC(=Nc3ccc(Cl)c(Cl)c3)NC2=O)c2ccccc21. The van der Waals surface area contributed by atoms with Crippen LogP contribution < -0.4 is 5.32 Å². The fourth-order valence-electron chi connectivity index (χ4n) is 3.02. The van der Waals surface area contributed by atoms with E-state index in [0.29, 0.717) is 25.8 Å². The first kappa shape index (κ1) is 20.5. The van der Waals surface area contributed by atoms with Gasteiger partial charge in [0.05, 0.1) is 27.7 Å². The summed E-state index contributed by atoms with van der Waals surface area (Å²) in [6, 6.07) is 12.7. The number of nitrogens with one attached hydrogen (secondary N) is 1. The Bertz CT molecular complexity index is 1230. The van der Waals surface area contributed by atoms with Gasteiger partial charge in [-0.25, -0.2) is 4.99 Å². The lowest BCUT2D eigenvalue weighted by Crippen LogP contribution is -2.19. The van der Waals surface area contributed by atoms with Crippen molar-refractivity contribution >= 4 is 74.7 Å². The first-order chi connectivity index (χ1) is 14.4. The third-order valence-electron chi connectivity index (χ3n) is 4.42. The van der Waals surface area contributed by atoms with Crippen molar-refractivity contribution < 1.29 is 14.3 Å². The second-order valence-electron chi connectivity index (χ2n) is 6.39. The molecule has 0 unspecified atom stereocenters. The summed E-state index contributed by atoms with van der Waals surface area (Å²) in [7, 11) is 1.35. The van der Waals surface area contributed by atoms with Crippen LogP contribution in [0.1, 0.15) is 5.56 Å². The zero-order valence-corrected chi connectivity index (χ0v) is 18.0. The molecule has 30 heavy (non-hydrogen) atoms. The van der Waals surface area contributed by atoms with Gasteiger partial charge >= 0.3 is 5.97 Å². The van der Waals surface area contributed by atoms with Crippen molar-refractivity contribution in [1.82, 2.24) is 9.88 Å². The zero-order chi connectivity index (χ0) is 21.3. The van der Waals surface area contributed by atoms with Gasteiger partial charge in [0.25, 0.3) is 5.91 Å². The number of carbonyl (C=O) groups excluding carboxylic acids is 2. The predicted molar refractivity (Wildman–Crippen MR) is 121 cm³/mol. The van der Waals surface area contributed by atoms with Gasteiger partial charge in [0, 0.05) is 22.7 Å². The fraction of sp³-hybridized carbons (Fsp3) is 0.0952. The number of thioether (sulfide) groups is 1. The van der Waals surface area contributed by atoms with Gasteiger partial charge < -0.3 is 14.6 Å². The molecule has 152 valence electrons. The maximum absolute atomic E-state index is 12.5. The topological polar surface area (TPSA) is 72.7 Å². The van der Waals surface area contributed by atoms with Gasteiger partial charge in [-0.05, 0) is 42.1 Å². The zero-order valence-electron chi connectivity index (χ0n) is 15.7.